The third-order valence-electron chi connectivity index (χ3n) is 3.75. The second-order valence-corrected chi connectivity index (χ2v) is 5.11. The number of carbonyl (C=O) groups excluding carboxylic acids is 1. The molecule has 0 aliphatic heterocycles. The average molecular weight is 279 g/mol. The number of amidine groups is 1. The quantitative estimate of drug-likeness (QED) is 0.341. The lowest BCUT2D eigenvalue weighted by Gasteiger charge is -2.20. The summed E-state index contributed by atoms with van der Waals surface area (Å²) in [5.74, 6) is -0.610. The van der Waals surface area contributed by atoms with Gasteiger partial charge in [-0.25, -0.2) is 4.39 Å². The van der Waals surface area contributed by atoms with E-state index < -0.39 is 0 Å². The van der Waals surface area contributed by atoms with E-state index in [2.05, 4.69) is 10.5 Å². The van der Waals surface area contributed by atoms with E-state index in [1.165, 1.54) is 18.2 Å². The van der Waals surface area contributed by atoms with Gasteiger partial charge in [0.05, 0.1) is 0 Å². The number of amides is 1. The number of aryl methyl sites for hydroxylation is 1. The molecule has 0 aromatic heterocycles. The molecular weight excluding hydrogens is 261 g/mol. The van der Waals surface area contributed by atoms with Gasteiger partial charge in [0.1, 0.15) is 11.7 Å². The Kier molecular flexibility index (Phi) is 4.22. The van der Waals surface area contributed by atoms with E-state index in [0.29, 0.717) is 11.1 Å². The van der Waals surface area contributed by atoms with E-state index in [0.717, 1.165) is 19.3 Å². The molecule has 1 aromatic rings. The van der Waals surface area contributed by atoms with Crippen molar-refractivity contribution in [3.8, 4) is 0 Å². The summed E-state index contributed by atoms with van der Waals surface area (Å²) in [6, 6.07) is 4.09. The lowest BCUT2D eigenvalue weighted by molar-refractivity contribution is 0.0933. The summed E-state index contributed by atoms with van der Waals surface area (Å²) >= 11 is 0. The minimum absolute atomic E-state index is 0.142. The Balaban J connectivity index is 2.09. The van der Waals surface area contributed by atoms with Crippen LogP contribution in [0.3, 0.4) is 0 Å². The second kappa shape index (κ2) is 5.90. The molecule has 1 aromatic carbocycles. The first kappa shape index (κ1) is 14.3. The summed E-state index contributed by atoms with van der Waals surface area (Å²) in [5.41, 5.74) is 6.47. The molecule has 1 aliphatic rings. The maximum Gasteiger partial charge on any atom is 0.251 e. The first-order valence-corrected chi connectivity index (χ1v) is 6.57. The number of nitrogens with one attached hydrogen (secondary N) is 1. The summed E-state index contributed by atoms with van der Waals surface area (Å²) < 4.78 is 13.2. The highest BCUT2D eigenvalue weighted by atomic mass is 19.1. The number of benzene rings is 1. The molecule has 0 spiro atoms. The number of nitrogens with zero attached hydrogens (tertiary/aromatic N) is 1. The van der Waals surface area contributed by atoms with Crippen molar-refractivity contribution in [2.24, 2.45) is 16.8 Å². The molecule has 0 heterocycles. The lowest BCUT2D eigenvalue weighted by atomic mass is 10.0. The number of oxime groups is 1. The van der Waals surface area contributed by atoms with Gasteiger partial charge in [0.25, 0.3) is 5.91 Å². The van der Waals surface area contributed by atoms with Crippen LogP contribution >= 0.6 is 0 Å². The van der Waals surface area contributed by atoms with Crippen molar-refractivity contribution in [1.29, 1.82) is 0 Å². The standard InChI is InChI=1S/C14H18FN3O2/c1-8-7-9(5-6-11(8)15)14(19)17-12-4-2-3-10(12)13(16)18-20/h5-7,10,12,20H,2-4H2,1H3,(H2,16,18)(H,17,19). The van der Waals surface area contributed by atoms with E-state index in [4.69, 9.17) is 10.9 Å². The second-order valence-electron chi connectivity index (χ2n) is 5.11. The van der Waals surface area contributed by atoms with Gasteiger partial charge in [-0.15, -0.1) is 0 Å². The largest absolute Gasteiger partial charge is 0.409 e. The van der Waals surface area contributed by atoms with Crippen molar-refractivity contribution >= 4 is 11.7 Å². The molecular formula is C14H18FN3O2. The first-order chi connectivity index (χ1) is 9.52. The zero-order valence-electron chi connectivity index (χ0n) is 11.3. The van der Waals surface area contributed by atoms with E-state index in [1.807, 2.05) is 0 Å². The fourth-order valence-corrected chi connectivity index (χ4v) is 2.60. The van der Waals surface area contributed by atoms with Gasteiger partial charge in [0, 0.05) is 17.5 Å². The van der Waals surface area contributed by atoms with Crippen molar-refractivity contribution in [2.45, 2.75) is 32.2 Å². The molecule has 2 unspecified atom stereocenters. The number of nitrogens with two attached hydrogens (primary N) is 1. The van der Waals surface area contributed by atoms with Gasteiger partial charge >= 0.3 is 0 Å². The molecule has 1 fully saturated rings. The third-order valence-corrected chi connectivity index (χ3v) is 3.75. The zero-order chi connectivity index (χ0) is 14.7. The molecule has 108 valence electrons. The molecule has 20 heavy (non-hydrogen) atoms. The van der Waals surface area contributed by atoms with E-state index in [9.17, 15) is 9.18 Å². The molecule has 2 atom stereocenters. The zero-order valence-corrected chi connectivity index (χ0v) is 11.3. The Labute approximate surface area is 116 Å². The van der Waals surface area contributed by atoms with Gasteiger partial charge in [-0.1, -0.05) is 11.6 Å². The molecule has 6 heteroatoms. The Hall–Kier alpha value is -2.11. The van der Waals surface area contributed by atoms with Crippen molar-refractivity contribution in [3.63, 3.8) is 0 Å². The van der Waals surface area contributed by atoms with Crippen LogP contribution in [-0.4, -0.2) is 23.0 Å². The van der Waals surface area contributed by atoms with Crippen LogP contribution in [0, 0.1) is 18.7 Å². The predicted octanol–water partition coefficient (Wildman–Crippen LogP) is 1.78. The minimum Gasteiger partial charge on any atom is -0.409 e. The van der Waals surface area contributed by atoms with Crippen LogP contribution in [-0.2, 0) is 0 Å². The number of halogens is 1. The van der Waals surface area contributed by atoms with Gasteiger partial charge in [-0.3, -0.25) is 4.79 Å². The highest BCUT2D eigenvalue weighted by Crippen LogP contribution is 2.26. The minimum atomic E-state index is -0.336. The summed E-state index contributed by atoms with van der Waals surface area (Å²) in [6.45, 7) is 1.61. The monoisotopic (exact) mass is 279 g/mol. The van der Waals surface area contributed by atoms with Crippen molar-refractivity contribution < 1.29 is 14.4 Å². The van der Waals surface area contributed by atoms with Gasteiger partial charge < -0.3 is 16.3 Å². The van der Waals surface area contributed by atoms with Gasteiger partial charge in [-0.2, -0.15) is 0 Å². The lowest BCUT2D eigenvalue weighted by Crippen LogP contribution is -2.42. The molecule has 1 saturated carbocycles. The molecule has 4 N–H and O–H groups in total. The summed E-state index contributed by atoms with van der Waals surface area (Å²) in [7, 11) is 0. The first-order valence-electron chi connectivity index (χ1n) is 6.57. The fraction of sp³-hybridized carbons (Fsp3) is 0.429. The maximum absolute atomic E-state index is 13.2. The SMILES string of the molecule is Cc1cc(C(=O)NC2CCCC2C(N)=NO)ccc1F. The van der Waals surface area contributed by atoms with Crippen LogP contribution < -0.4 is 11.1 Å². The topological polar surface area (TPSA) is 87.7 Å². The Morgan fingerprint density at radius 2 is 2.25 bits per heavy atom. The van der Waals surface area contributed by atoms with Crippen LogP contribution in [0.5, 0.6) is 0 Å². The van der Waals surface area contributed by atoms with Gasteiger partial charge in [0.15, 0.2) is 0 Å². The summed E-state index contributed by atoms with van der Waals surface area (Å²) in [4.78, 5) is 12.1. The van der Waals surface area contributed by atoms with Gasteiger partial charge in [0.2, 0.25) is 0 Å². The molecule has 5 nitrogen and oxygen atoms in total. The van der Waals surface area contributed by atoms with E-state index in [1.54, 1.807) is 6.92 Å². The highest BCUT2D eigenvalue weighted by molar-refractivity contribution is 5.95. The fourth-order valence-electron chi connectivity index (χ4n) is 2.60. The van der Waals surface area contributed by atoms with Gasteiger partial charge in [-0.05, 0) is 43.5 Å². The molecule has 2 rings (SSSR count). The molecule has 1 aliphatic carbocycles. The molecule has 1 amide bonds. The van der Waals surface area contributed by atoms with Crippen LogP contribution in [0.25, 0.3) is 0 Å². The Morgan fingerprint density at radius 3 is 2.90 bits per heavy atom. The third kappa shape index (κ3) is 2.89. The van der Waals surface area contributed by atoms with Crippen molar-refractivity contribution in [1.82, 2.24) is 5.32 Å². The average Bonchev–Trinajstić information content (AvgIpc) is 2.89. The Morgan fingerprint density at radius 1 is 1.50 bits per heavy atom. The van der Waals surface area contributed by atoms with Crippen molar-refractivity contribution in [3.05, 3.63) is 35.1 Å². The summed E-state index contributed by atoms with van der Waals surface area (Å²) in [6.07, 6.45) is 2.48. The summed E-state index contributed by atoms with van der Waals surface area (Å²) in [5, 5.41) is 14.6. The van der Waals surface area contributed by atoms with Crippen molar-refractivity contribution in [2.75, 3.05) is 0 Å². The van der Waals surface area contributed by atoms with Crippen LogP contribution in [0.4, 0.5) is 4.39 Å². The van der Waals surface area contributed by atoms with Crippen LogP contribution in [0.1, 0.15) is 35.2 Å². The molecule has 0 bridgehead atoms. The Bertz CT molecular complexity index is 545. The maximum atomic E-state index is 13.2. The van der Waals surface area contributed by atoms with E-state index >= 15 is 0 Å². The molecule has 0 saturated heterocycles. The number of carbonyl (C=O) groups is 1. The highest BCUT2D eigenvalue weighted by Gasteiger charge is 2.31. The number of rotatable bonds is 3. The predicted molar refractivity (Wildman–Crippen MR) is 73.1 cm³/mol. The van der Waals surface area contributed by atoms with E-state index in [-0.39, 0.29) is 29.5 Å². The smallest absolute Gasteiger partial charge is 0.251 e. The van der Waals surface area contributed by atoms with Crippen LogP contribution in [0.2, 0.25) is 0 Å². The van der Waals surface area contributed by atoms with Crippen LogP contribution in [0.15, 0.2) is 23.4 Å². The normalized spacial score (nSPS) is 22.8. The number of hydrogen-bond donors (Lipinski definition) is 3. The molecule has 0 radical (unpaired) electrons. The number of hydrogen-bond acceptors (Lipinski definition) is 3.